The second-order valence-corrected chi connectivity index (χ2v) is 5.30. The van der Waals surface area contributed by atoms with E-state index in [2.05, 4.69) is 37.9 Å². The van der Waals surface area contributed by atoms with Crippen LogP contribution in [0.3, 0.4) is 0 Å². The Balaban J connectivity index is 2.08. The molecule has 2 heteroatoms. The first-order chi connectivity index (χ1) is 7.15. The standard InChI is InChI=1S/C13H28N2/c1-5-15(13-6-7-13)12(4)8-9-14-10-11(2)3/h11-14H,5-10H2,1-4H3. The molecular formula is C13H28N2. The van der Waals surface area contributed by atoms with Gasteiger partial charge in [0, 0.05) is 12.1 Å². The van der Waals surface area contributed by atoms with Gasteiger partial charge in [0.1, 0.15) is 0 Å². The van der Waals surface area contributed by atoms with Crippen LogP contribution < -0.4 is 5.32 Å². The van der Waals surface area contributed by atoms with Crippen LogP contribution in [0.1, 0.15) is 47.0 Å². The van der Waals surface area contributed by atoms with Gasteiger partial charge in [-0.2, -0.15) is 0 Å². The quantitative estimate of drug-likeness (QED) is 0.622. The monoisotopic (exact) mass is 212 g/mol. The summed E-state index contributed by atoms with van der Waals surface area (Å²) in [6, 6.07) is 1.66. The molecule has 90 valence electrons. The van der Waals surface area contributed by atoms with Crippen LogP contribution in [0.2, 0.25) is 0 Å². The van der Waals surface area contributed by atoms with Crippen molar-refractivity contribution < 1.29 is 0 Å². The SMILES string of the molecule is CCN(C(C)CCNCC(C)C)C1CC1. The van der Waals surface area contributed by atoms with Gasteiger partial charge in [-0.3, -0.25) is 4.90 Å². The molecule has 0 aromatic rings. The smallest absolute Gasteiger partial charge is 0.00991 e. The Morgan fingerprint density at radius 1 is 1.27 bits per heavy atom. The molecule has 0 bridgehead atoms. The van der Waals surface area contributed by atoms with Crippen molar-refractivity contribution in [2.24, 2.45) is 5.92 Å². The topological polar surface area (TPSA) is 15.3 Å². The fourth-order valence-corrected chi connectivity index (χ4v) is 2.20. The molecule has 0 radical (unpaired) electrons. The molecule has 0 aliphatic heterocycles. The number of nitrogens with zero attached hydrogens (tertiary/aromatic N) is 1. The molecule has 0 heterocycles. The van der Waals surface area contributed by atoms with E-state index in [-0.39, 0.29) is 0 Å². The maximum absolute atomic E-state index is 3.53. The Morgan fingerprint density at radius 3 is 2.40 bits per heavy atom. The van der Waals surface area contributed by atoms with Gasteiger partial charge in [-0.25, -0.2) is 0 Å². The van der Waals surface area contributed by atoms with Gasteiger partial charge in [-0.15, -0.1) is 0 Å². The molecule has 1 unspecified atom stereocenters. The maximum atomic E-state index is 3.53. The Bertz CT molecular complexity index is 164. The zero-order valence-corrected chi connectivity index (χ0v) is 10.9. The first-order valence-corrected chi connectivity index (χ1v) is 6.61. The van der Waals surface area contributed by atoms with E-state index in [1.54, 1.807) is 0 Å². The van der Waals surface area contributed by atoms with Crippen molar-refractivity contribution in [3.8, 4) is 0 Å². The fraction of sp³-hybridized carbons (Fsp3) is 1.00. The highest BCUT2D eigenvalue weighted by Gasteiger charge is 2.30. The summed E-state index contributed by atoms with van der Waals surface area (Å²) in [5, 5.41) is 3.53. The highest BCUT2D eigenvalue weighted by molar-refractivity contribution is 4.86. The van der Waals surface area contributed by atoms with E-state index in [4.69, 9.17) is 0 Å². The van der Waals surface area contributed by atoms with Crippen LogP contribution >= 0.6 is 0 Å². The van der Waals surface area contributed by atoms with Crippen LogP contribution in [0.25, 0.3) is 0 Å². The van der Waals surface area contributed by atoms with Crippen molar-refractivity contribution in [2.45, 2.75) is 59.0 Å². The molecule has 0 aromatic carbocycles. The van der Waals surface area contributed by atoms with Crippen LogP contribution in [-0.2, 0) is 0 Å². The molecule has 1 aliphatic carbocycles. The first-order valence-electron chi connectivity index (χ1n) is 6.61. The maximum Gasteiger partial charge on any atom is 0.00991 e. The lowest BCUT2D eigenvalue weighted by atomic mass is 10.2. The van der Waals surface area contributed by atoms with Crippen molar-refractivity contribution in [3.05, 3.63) is 0 Å². The lowest BCUT2D eigenvalue weighted by Crippen LogP contribution is -2.37. The number of hydrogen-bond acceptors (Lipinski definition) is 2. The summed E-state index contributed by atoms with van der Waals surface area (Å²) >= 11 is 0. The third-order valence-corrected chi connectivity index (χ3v) is 3.24. The fourth-order valence-electron chi connectivity index (χ4n) is 2.20. The predicted octanol–water partition coefficient (Wildman–Crippen LogP) is 2.49. The van der Waals surface area contributed by atoms with Gasteiger partial charge in [-0.1, -0.05) is 20.8 Å². The molecule has 1 atom stereocenters. The van der Waals surface area contributed by atoms with Crippen LogP contribution in [-0.4, -0.2) is 36.6 Å². The molecular weight excluding hydrogens is 184 g/mol. The summed E-state index contributed by atoms with van der Waals surface area (Å²) in [6.07, 6.45) is 4.15. The molecule has 0 amide bonds. The Hall–Kier alpha value is -0.0800. The summed E-state index contributed by atoms with van der Waals surface area (Å²) in [5.74, 6) is 0.769. The highest BCUT2D eigenvalue weighted by Crippen LogP contribution is 2.28. The average Bonchev–Trinajstić information content (AvgIpc) is 2.97. The van der Waals surface area contributed by atoms with Crippen LogP contribution in [0.15, 0.2) is 0 Å². The van der Waals surface area contributed by atoms with Gasteiger partial charge in [0.2, 0.25) is 0 Å². The van der Waals surface area contributed by atoms with Crippen molar-refractivity contribution in [1.82, 2.24) is 10.2 Å². The largest absolute Gasteiger partial charge is 0.316 e. The molecule has 1 N–H and O–H groups in total. The van der Waals surface area contributed by atoms with Crippen LogP contribution in [0.5, 0.6) is 0 Å². The van der Waals surface area contributed by atoms with Crippen molar-refractivity contribution in [2.75, 3.05) is 19.6 Å². The average molecular weight is 212 g/mol. The number of rotatable bonds is 8. The van der Waals surface area contributed by atoms with Gasteiger partial charge in [0.25, 0.3) is 0 Å². The predicted molar refractivity (Wildman–Crippen MR) is 67.2 cm³/mol. The van der Waals surface area contributed by atoms with Gasteiger partial charge in [0.05, 0.1) is 0 Å². The zero-order chi connectivity index (χ0) is 11.3. The van der Waals surface area contributed by atoms with Crippen LogP contribution in [0.4, 0.5) is 0 Å². The van der Waals surface area contributed by atoms with Crippen molar-refractivity contribution >= 4 is 0 Å². The second-order valence-electron chi connectivity index (χ2n) is 5.30. The van der Waals surface area contributed by atoms with Gasteiger partial charge in [0.15, 0.2) is 0 Å². The van der Waals surface area contributed by atoms with Crippen molar-refractivity contribution in [3.63, 3.8) is 0 Å². The minimum absolute atomic E-state index is 0.752. The van der Waals surface area contributed by atoms with Gasteiger partial charge in [-0.05, 0) is 51.7 Å². The molecule has 15 heavy (non-hydrogen) atoms. The van der Waals surface area contributed by atoms with E-state index >= 15 is 0 Å². The van der Waals surface area contributed by atoms with Gasteiger partial charge >= 0.3 is 0 Å². The summed E-state index contributed by atoms with van der Waals surface area (Å²) in [7, 11) is 0. The minimum atomic E-state index is 0.752. The van der Waals surface area contributed by atoms with E-state index in [1.165, 1.54) is 32.4 Å². The highest BCUT2D eigenvalue weighted by atomic mass is 15.2. The van der Waals surface area contributed by atoms with E-state index < -0.39 is 0 Å². The molecule has 0 aromatic heterocycles. The van der Waals surface area contributed by atoms with E-state index in [0.717, 1.165) is 24.5 Å². The lowest BCUT2D eigenvalue weighted by molar-refractivity contribution is 0.199. The molecule has 1 saturated carbocycles. The molecule has 1 fully saturated rings. The minimum Gasteiger partial charge on any atom is -0.316 e. The van der Waals surface area contributed by atoms with Crippen molar-refractivity contribution in [1.29, 1.82) is 0 Å². The number of nitrogens with one attached hydrogen (secondary N) is 1. The summed E-state index contributed by atoms with van der Waals surface area (Å²) in [4.78, 5) is 2.66. The Morgan fingerprint density at radius 2 is 1.93 bits per heavy atom. The molecule has 0 saturated heterocycles. The zero-order valence-electron chi connectivity index (χ0n) is 10.9. The Kier molecular flexibility index (Phi) is 5.62. The Labute approximate surface area is 95.4 Å². The van der Waals surface area contributed by atoms with Gasteiger partial charge < -0.3 is 5.32 Å². The number of hydrogen-bond donors (Lipinski definition) is 1. The lowest BCUT2D eigenvalue weighted by Gasteiger charge is -2.27. The summed E-state index contributed by atoms with van der Waals surface area (Å²) in [5.41, 5.74) is 0. The van der Waals surface area contributed by atoms with Crippen LogP contribution in [0, 0.1) is 5.92 Å². The molecule has 2 nitrogen and oxygen atoms in total. The second kappa shape index (κ2) is 6.49. The summed E-state index contributed by atoms with van der Waals surface area (Å²) < 4.78 is 0. The molecule has 0 spiro atoms. The van der Waals surface area contributed by atoms with E-state index in [9.17, 15) is 0 Å². The third-order valence-electron chi connectivity index (χ3n) is 3.24. The van der Waals surface area contributed by atoms with E-state index in [1.807, 2.05) is 0 Å². The molecule has 1 aliphatic rings. The normalized spacial score (nSPS) is 18.8. The molecule has 1 rings (SSSR count). The first kappa shape index (κ1) is 13.0. The van der Waals surface area contributed by atoms with E-state index in [0.29, 0.717) is 0 Å². The summed E-state index contributed by atoms with van der Waals surface area (Å²) in [6.45, 7) is 12.7. The third kappa shape index (κ3) is 4.98.